The summed E-state index contributed by atoms with van der Waals surface area (Å²) in [6.45, 7) is 2.39. The van der Waals surface area contributed by atoms with Crippen LogP contribution >= 0.6 is 0 Å². The molecular weight excluding hydrogens is 230 g/mol. The number of nitrogens with zero attached hydrogens (tertiary/aromatic N) is 2. The van der Waals surface area contributed by atoms with Crippen molar-refractivity contribution in [3.05, 3.63) is 48.0 Å². The highest BCUT2D eigenvalue weighted by molar-refractivity contribution is 6.10. The summed E-state index contributed by atoms with van der Waals surface area (Å²) in [6.07, 6.45) is 4.56. The molecule has 18 heavy (non-hydrogen) atoms. The second kappa shape index (κ2) is 5.27. The van der Waals surface area contributed by atoms with Crippen molar-refractivity contribution in [1.82, 2.24) is 9.97 Å². The Balaban J connectivity index is 2.34. The highest BCUT2D eigenvalue weighted by Gasteiger charge is 2.14. The number of pyridine rings is 2. The quantitative estimate of drug-likeness (QED) is 0.827. The molecule has 0 saturated carbocycles. The summed E-state index contributed by atoms with van der Waals surface area (Å²) >= 11 is 0. The number of carbonyl (C=O) groups excluding carboxylic acids is 1. The lowest BCUT2D eigenvalue weighted by Gasteiger charge is -2.05. The second-order valence-electron chi connectivity index (χ2n) is 3.61. The summed E-state index contributed by atoms with van der Waals surface area (Å²) in [5.41, 5.74) is 6.71. The molecule has 2 aromatic rings. The zero-order chi connectivity index (χ0) is 13.0. The molecule has 0 atom stereocenters. The summed E-state index contributed by atoms with van der Waals surface area (Å²) in [6, 6.07) is 4.95. The van der Waals surface area contributed by atoms with Crippen LogP contribution < -0.4 is 10.5 Å². The normalized spacial score (nSPS) is 10.1. The number of rotatable bonds is 4. The van der Waals surface area contributed by atoms with E-state index in [2.05, 4.69) is 9.97 Å². The number of carbonyl (C=O) groups is 1. The third-order valence-corrected chi connectivity index (χ3v) is 2.34. The van der Waals surface area contributed by atoms with E-state index >= 15 is 0 Å². The lowest BCUT2D eigenvalue weighted by atomic mass is 10.1. The Bertz CT molecular complexity index is 570. The fraction of sp³-hybridized carbons (Fsp3) is 0.154. The van der Waals surface area contributed by atoms with Gasteiger partial charge >= 0.3 is 0 Å². The van der Waals surface area contributed by atoms with Crippen LogP contribution in [-0.4, -0.2) is 22.4 Å². The number of ketones is 1. The first-order valence-electron chi connectivity index (χ1n) is 5.55. The van der Waals surface area contributed by atoms with Crippen LogP contribution in [0.15, 0.2) is 36.8 Å². The van der Waals surface area contributed by atoms with Gasteiger partial charge in [0.05, 0.1) is 18.5 Å². The van der Waals surface area contributed by atoms with Crippen molar-refractivity contribution in [2.45, 2.75) is 6.92 Å². The van der Waals surface area contributed by atoms with Crippen molar-refractivity contribution < 1.29 is 9.53 Å². The van der Waals surface area contributed by atoms with Crippen LogP contribution in [0.25, 0.3) is 0 Å². The largest absolute Gasteiger partial charge is 0.492 e. The number of hydrogen-bond donors (Lipinski definition) is 1. The summed E-state index contributed by atoms with van der Waals surface area (Å²) < 4.78 is 5.30. The minimum atomic E-state index is -0.262. The number of aromatic nitrogens is 2. The Hall–Kier alpha value is -2.43. The highest BCUT2D eigenvalue weighted by Crippen LogP contribution is 2.17. The fourth-order valence-electron chi connectivity index (χ4n) is 1.53. The zero-order valence-electron chi connectivity index (χ0n) is 9.96. The molecule has 92 valence electrons. The van der Waals surface area contributed by atoms with Gasteiger partial charge in [-0.15, -0.1) is 0 Å². The van der Waals surface area contributed by atoms with Gasteiger partial charge in [-0.25, -0.2) is 0 Å². The Kier molecular flexibility index (Phi) is 3.52. The van der Waals surface area contributed by atoms with Crippen molar-refractivity contribution in [3.63, 3.8) is 0 Å². The maximum atomic E-state index is 12.2. The summed E-state index contributed by atoms with van der Waals surface area (Å²) in [4.78, 5) is 20.1. The third-order valence-electron chi connectivity index (χ3n) is 2.34. The minimum Gasteiger partial charge on any atom is -0.492 e. The molecule has 2 rings (SSSR count). The van der Waals surface area contributed by atoms with Crippen molar-refractivity contribution in [2.75, 3.05) is 12.3 Å². The van der Waals surface area contributed by atoms with E-state index in [1.807, 2.05) is 6.92 Å². The molecule has 0 aliphatic carbocycles. The van der Waals surface area contributed by atoms with E-state index in [4.69, 9.17) is 10.5 Å². The first kappa shape index (κ1) is 12.0. The highest BCUT2D eigenvalue weighted by atomic mass is 16.5. The molecule has 0 aliphatic rings. The van der Waals surface area contributed by atoms with E-state index in [0.29, 0.717) is 23.6 Å². The predicted octanol–water partition coefficient (Wildman–Crippen LogP) is 1.69. The number of hydrogen-bond acceptors (Lipinski definition) is 5. The smallest absolute Gasteiger partial charge is 0.215 e. The van der Waals surface area contributed by atoms with Gasteiger partial charge in [-0.3, -0.25) is 14.8 Å². The van der Waals surface area contributed by atoms with Crippen LogP contribution in [0, 0.1) is 0 Å². The van der Waals surface area contributed by atoms with Crippen LogP contribution in [0.1, 0.15) is 23.0 Å². The first-order chi connectivity index (χ1) is 8.72. The van der Waals surface area contributed by atoms with Gasteiger partial charge in [0.1, 0.15) is 11.4 Å². The predicted molar refractivity (Wildman–Crippen MR) is 67.5 cm³/mol. The maximum absolute atomic E-state index is 12.2. The molecule has 0 saturated heterocycles. The molecule has 0 unspecified atom stereocenters. The molecule has 2 aromatic heterocycles. The van der Waals surface area contributed by atoms with E-state index in [1.54, 1.807) is 24.4 Å². The number of anilines is 1. The molecule has 0 radical (unpaired) electrons. The van der Waals surface area contributed by atoms with Crippen LogP contribution in [-0.2, 0) is 0 Å². The maximum Gasteiger partial charge on any atom is 0.215 e. The van der Waals surface area contributed by atoms with Gasteiger partial charge in [0.2, 0.25) is 5.78 Å². The second-order valence-corrected chi connectivity index (χ2v) is 3.61. The summed E-state index contributed by atoms with van der Waals surface area (Å²) in [5, 5.41) is 0. The average molecular weight is 243 g/mol. The van der Waals surface area contributed by atoms with E-state index in [9.17, 15) is 4.79 Å². The minimum absolute atomic E-state index is 0.230. The zero-order valence-corrected chi connectivity index (χ0v) is 9.96. The van der Waals surface area contributed by atoms with E-state index < -0.39 is 0 Å². The topological polar surface area (TPSA) is 78.1 Å². The molecule has 0 spiro atoms. The molecule has 2 heterocycles. The van der Waals surface area contributed by atoms with Gasteiger partial charge in [-0.05, 0) is 25.1 Å². The van der Waals surface area contributed by atoms with Gasteiger partial charge < -0.3 is 10.5 Å². The first-order valence-corrected chi connectivity index (χ1v) is 5.55. The summed E-state index contributed by atoms with van der Waals surface area (Å²) in [7, 11) is 0. The van der Waals surface area contributed by atoms with E-state index in [1.165, 1.54) is 12.4 Å². The molecule has 0 bridgehead atoms. The number of nitrogens with two attached hydrogens (primary N) is 1. The average Bonchev–Trinajstić information content (AvgIpc) is 2.39. The monoisotopic (exact) mass is 243 g/mol. The molecule has 5 heteroatoms. The Labute approximate surface area is 105 Å². The summed E-state index contributed by atoms with van der Waals surface area (Å²) in [5.74, 6) is 0.292. The number of nitrogen functional groups attached to an aromatic ring is 1. The Morgan fingerprint density at radius 3 is 3.00 bits per heavy atom. The Morgan fingerprint density at radius 1 is 1.44 bits per heavy atom. The lowest BCUT2D eigenvalue weighted by molar-refractivity contribution is 0.103. The van der Waals surface area contributed by atoms with Crippen molar-refractivity contribution in [2.24, 2.45) is 0 Å². The van der Waals surface area contributed by atoms with Gasteiger partial charge in [0.15, 0.2) is 0 Å². The van der Waals surface area contributed by atoms with Crippen LogP contribution in [0.5, 0.6) is 5.75 Å². The molecule has 5 nitrogen and oxygen atoms in total. The van der Waals surface area contributed by atoms with Crippen molar-refractivity contribution >= 4 is 11.5 Å². The molecule has 0 aliphatic heterocycles. The standard InChI is InChI=1S/C13H13N3O2/c1-2-18-10-6-9(7-15-8-10)13(17)12-11(14)4-3-5-16-12/h3-8H,2,14H2,1H3. The van der Waals surface area contributed by atoms with Crippen LogP contribution in [0.2, 0.25) is 0 Å². The van der Waals surface area contributed by atoms with E-state index in [-0.39, 0.29) is 11.5 Å². The molecule has 0 fully saturated rings. The Morgan fingerprint density at radius 2 is 2.28 bits per heavy atom. The molecule has 2 N–H and O–H groups in total. The van der Waals surface area contributed by atoms with Gasteiger partial charge in [-0.1, -0.05) is 0 Å². The van der Waals surface area contributed by atoms with Gasteiger partial charge in [-0.2, -0.15) is 0 Å². The molecular formula is C13H13N3O2. The SMILES string of the molecule is CCOc1cncc(C(=O)c2ncccc2N)c1. The van der Waals surface area contributed by atoms with Crippen LogP contribution in [0.3, 0.4) is 0 Å². The molecule has 0 aromatic carbocycles. The van der Waals surface area contributed by atoms with Gasteiger partial charge in [0.25, 0.3) is 0 Å². The van der Waals surface area contributed by atoms with Crippen molar-refractivity contribution in [3.8, 4) is 5.75 Å². The molecule has 0 amide bonds. The number of ether oxygens (including phenoxy) is 1. The van der Waals surface area contributed by atoms with Crippen LogP contribution in [0.4, 0.5) is 5.69 Å². The van der Waals surface area contributed by atoms with Gasteiger partial charge in [0, 0.05) is 18.0 Å². The van der Waals surface area contributed by atoms with Crippen molar-refractivity contribution in [1.29, 1.82) is 0 Å². The van der Waals surface area contributed by atoms with E-state index in [0.717, 1.165) is 0 Å². The lowest BCUT2D eigenvalue weighted by Crippen LogP contribution is -2.08. The third kappa shape index (κ3) is 2.45. The fourth-order valence-corrected chi connectivity index (χ4v) is 1.53.